The molecule has 136 valence electrons. The van der Waals surface area contributed by atoms with Crippen molar-refractivity contribution in [2.75, 3.05) is 0 Å². The molecule has 0 spiro atoms. The van der Waals surface area contributed by atoms with Crippen molar-refractivity contribution in [2.45, 2.75) is 13.8 Å². The van der Waals surface area contributed by atoms with Crippen LogP contribution in [0.15, 0.2) is 54.1 Å². The van der Waals surface area contributed by atoms with E-state index >= 15 is 0 Å². The number of allylic oxidation sites excluding steroid dienone is 1. The van der Waals surface area contributed by atoms with Crippen molar-refractivity contribution >= 4 is 49.8 Å². The van der Waals surface area contributed by atoms with Crippen molar-refractivity contribution < 1.29 is 9.59 Å². The van der Waals surface area contributed by atoms with E-state index in [1.807, 2.05) is 62.4 Å². The molecule has 0 saturated heterocycles. The first-order valence-corrected chi connectivity index (χ1v) is 10.5. The van der Waals surface area contributed by atoms with Crippen LogP contribution >= 0.6 is 22.7 Å². The third-order valence-electron chi connectivity index (χ3n) is 5.03. The lowest BCUT2D eigenvalue weighted by atomic mass is 10.0. The van der Waals surface area contributed by atoms with Crippen LogP contribution in [0.1, 0.15) is 36.7 Å². The number of hydrogen-bond acceptors (Lipinski definition) is 5. The lowest BCUT2D eigenvalue weighted by molar-refractivity contribution is 0.0990. The van der Waals surface area contributed by atoms with Crippen LogP contribution in [0.5, 0.6) is 0 Å². The summed E-state index contributed by atoms with van der Waals surface area (Å²) < 4.78 is 1.07. The van der Waals surface area contributed by atoms with Crippen LogP contribution in [-0.4, -0.2) is 16.6 Å². The van der Waals surface area contributed by atoms with Gasteiger partial charge in [-0.15, -0.1) is 22.7 Å². The van der Waals surface area contributed by atoms with Crippen molar-refractivity contribution in [3.8, 4) is 10.6 Å². The number of rotatable bonds is 2. The minimum absolute atomic E-state index is 0.183. The van der Waals surface area contributed by atoms with Crippen molar-refractivity contribution in [1.29, 1.82) is 0 Å². The van der Waals surface area contributed by atoms with E-state index < -0.39 is 0 Å². The van der Waals surface area contributed by atoms with Gasteiger partial charge in [0.15, 0.2) is 11.6 Å². The van der Waals surface area contributed by atoms with Crippen LogP contribution in [0.25, 0.3) is 26.2 Å². The molecule has 5 heteroatoms. The second-order valence-corrected chi connectivity index (χ2v) is 8.99. The van der Waals surface area contributed by atoms with Crippen LogP contribution in [0.4, 0.5) is 0 Å². The number of thiophene rings is 1. The number of aromatic nitrogens is 1. The molecule has 1 aliphatic carbocycles. The Labute approximate surface area is 170 Å². The van der Waals surface area contributed by atoms with Crippen molar-refractivity contribution in [3.63, 3.8) is 0 Å². The number of fused-ring (bicyclic) bond motifs is 2. The molecule has 1 aliphatic rings. The van der Waals surface area contributed by atoms with Gasteiger partial charge in [0.1, 0.15) is 9.84 Å². The van der Waals surface area contributed by atoms with Gasteiger partial charge in [-0.1, -0.05) is 30.3 Å². The van der Waals surface area contributed by atoms with Crippen LogP contribution < -0.4 is 0 Å². The zero-order valence-corrected chi connectivity index (χ0v) is 16.9. The van der Waals surface area contributed by atoms with Gasteiger partial charge >= 0.3 is 0 Å². The molecule has 0 radical (unpaired) electrons. The second-order valence-electron chi connectivity index (χ2n) is 6.90. The summed E-state index contributed by atoms with van der Waals surface area (Å²) >= 11 is 3.13. The van der Waals surface area contributed by atoms with Crippen LogP contribution in [0, 0.1) is 13.8 Å². The highest BCUT2D eigenvalue weighted by Crippen LogP contribution is 2.37. The Morgan fingerprint density at radius 2 is 1.50 bits per heavy atom. The average Bonchev–Trinajstić information content (AvgIpc) is 3.31. The molecule has 3 nitrogen and oxygen atoms in total. The zero-order valence-electron chi connectivity index (χ0n) is 15.3. The van der Waals surface area contributed by atoms with E-state index in [0.717, 1.165) is 36.1 Å². The number of ketones is 2. The predicted octanol–water partition coefficient (Wildman–Crippen LogP) is 6.10. The smallest absolute Gasteiger partial charge is 0.197 e. The number of hydrogen-bond donors (Lipinski definition) is 0. The third kappa shape index (κ3) is 2.66. The van der Waals surface area contributed by atoms with E-state index in [1.54, 1.807) is 17.4 Å². The maximum Gasteiger partial charge on any atom is 0.197 e. The molecule has 0 fully saturated rings. The summed E-state index contributed by atoms with van der Waals surface area (Å²) in [5.41, 5.74) is 4.42. The standard InChI is InChI=1S/C23H15NO2S2/c1-12-8-16-17(9-13(12)2)21(26)18(20(16)25)10-15-11-19-23(27-15)24-22(28-19)14-6-4-3-5-7-14/h3-11H,1-2H3. The van der Waals surface area contributed by atoms with Gasteiger partial charge in [-0.3, -0.25) is 9.59 Å². The average molecular weight is 402 g/mol. The van der Waals surface area contributed by atoms with Gasteiger partial charge in [-0.2, -0.15) is 0 Å². The summed E-state index contributed by atoms with van der Waals surface area (Å²) in [5.74, 6) is -0.365. The Kier molecular flexibility index (Phi) is 3.89. The van der Waals surface area contributed by atoms with E-state index in [0.29, 0.717) is 11.1 Å². The number of nitrogens with zero attached hydrogens (tertiary/aromatic N) is 1. The molecule has 2 aromatic carbocycles. The Balaban J connectivity index is 1.53. The summed E-state index contributed by atoms with van der Waals surface area (Å²) in [4.78, 5) is 32.1. The molecule has 2 aromatic heterocycles. The zero-order chi connectivity index (χ0) is 19.4. The first kappa shape index (κ1) is 17.2. The molecular weight excluding hydrogens is 386 g/mol. The van der Waals surface area contributed by atoms with Gasteiger partial charge in [0.25, 0.3) is 0 Å². The molecule has 28 heavy (non-hydrogen) atoms. The highest BCUT2D eigenvalue weighted by molar-refractivity contribution is 7.29. The van der Waals surface area contributed by atoms with Crippen LogP contribution in [0.3, 0.4) is 0 Å². The van der Waals surface area contributed by atoms with Gasteiger partial charge in [0.05, 0.1) is 10.3 Å². The molecule has 0 amide bonds. The van der Waals surface area contributed by atoms with E-state index in [1.165, 1.54) is 11.3 Å². The van der Waals surface area contributed by atoms with Crippen LogP contribution in [-0.2, 0) is 0 Å². The maximum atomic E-state index is 12.8. The molecule has 2 heterocycles. The SMILES string of the molecule is Cc1cc2c(cc1C)C(=O)C(=Cc1cc3sc(-c4ccccc4)nc3s1)C2=O. The molecular formula is C23H15NO2S2. The van der Waals surface area contributed by atoms with Gasteiger partial charge in [0.2, 0.25) is 0 Å². The van der Waals surface area contributed by atoms with E-state index in [4.69, 9.17) is 4.98 Å². The van der Waals surface area contributed by atoms with Gasteiger partial charge in [0, 0.05) is 21.6 Å². The highest BCUT2D eigenvalue weighted by Gasteiger charge is 2.33. The molecule has 0 N–H and O–H groups in total. The van der Waals surface area contributed by atoms with Gasteiger partial charge in [-0.05, 0) is 49.2 Å². The Bertz CT molecular complexity index is 1230. The molecule has 0 saturated carbocycles. The fourth-order valence-electron chi connectivity index (χ4n) is 3.39. The monoisotopic (exact) mass is 401 g/mol. The third-order valence-corrected chi connectivity index (χ3v) is 7.18. The maximum absolute atomic E-state index is 12.8. The summed E-state index contributed by atoms with van der Waals surface area (Å²) in [6.45, 7) is 3.91. The van der Waals surface area contributed by atoms with Crippen molar-refractivity contribution in [3.05, 3.63) is 81.2 Å². The fourth-order valence-corrected chi connectivity index (χ4v) is 5.56. The first-order chi connectivity index (χ1) is 13.5. The van der Waals surface area contributed by atoms with Gasteiger partial charge < -0.3 is 0 Å². The Morgan fingerprint density at radius 1 is 0.857 bits per heavy atom. The topological polar surface area (TPSA) is 47.0 Å². The molecule has 4 aromatic rings. The van der Waals surface area contributed by atoms with Crippen molar-refractivity contribution in [2.24, 2.45) is 0 Å². The summed E-state index contributed by atoms with van der Waals surface area (Å²) in [6.07, 6.45) is 1.72. The number of carbonyl (C=O) groups is 2. The number of Topliss-reactive ketones (excluding diaryl/α,β-unsaturated/α-hetero) is 2. The number of carbonyl (C=O) groups excluding carboxylic acids is 2. The molecule has 0 atom stereocenters. The number of aryl methyl sites for hydroxylation is 2. The van der Waals surface area contributed by atoms with E-state index in [-0.39, 0.29) is 17.1 Å². The quantitative estimate of drug-likeness (QED) is 0.301. The minimum atomic E-state index is -0.183. The fraction of sp³-hybridized carbons (Fsp3) is 0.0870. The molecule has 0 unspecified atom stereocenters. The molecule has 0 bridgehead atoms. The van der Waals surface area contributed by atoms with Crippen LogP contribution in [0.2, 0.25) is 0 Å². The summed E-state index contributed by atoms with van der Waals surface area (Å²) in [5, 5.41) is 0.979. The normalized spacial score (nSPS) is 13.4. The summed E-state index contributed by atoms with van der Waals surface area (Å²) in [7, 11) is 0. The van der Waals surface area contributed by atoms with Gasteiger partial charge in [-0.25, -0.2) is 4.98 Å². The van der Waals surface area contributed by atoms with E-state index in [9.17, 15) is 9.59 Å². The lowest BCUT2D eigenvalue weighted by Crippen LogP contribution is -1.99. The van der Waals surface area contributed by atoms with Crippen molar-refractivity contribution in [1.82, 2.24) is 4.98 Å². The predicted molar refractivity (Wildman–Crippen MR) is 115 cm³/mol. The lowest BCUT2D eigenvalue weighted by Gasteiger charge is -2.01. The number of thiazole rings is 1. The second kappa shape index (κ2) is 6.33. The van der Waals surface area contributed by atoms with E-state index in [2.05, 4.69) is 0 Å². The Hall–Kier alpha value is -2.89. The molecule has 5 rings (SSSR count). The Morgan fingerprint density at radius 3 is 2.11 bits per heavy atom. The summed E-state index contributed by atoms with van der Waals surface area (Å²) in [6, 6.07) is 15.7. The largest absolute Gasteiger partial charge is 0.288 e. The molecule has 0 aliphatic heterocycles. The number of benzene rings is 2. The first-order valence-electron chi connectivity index (χ1n) is 8.89. The minimum Gasteiger partial charge on any atom is -0.288 e. The highest BCUT2D eigenvalue weighted by atomic mass is 32.1.